The Hall–Kier alpha value is -2.06. The van der Waals surface area contributed by atoms with Crippen molar-refractivity contribution in [2.75, 3.05) is 6.54 Å². The normalized spacial score (nSPS) is 11.1. The standard InChI is InChI=1S/C18H19NO/c1-14-6-2-3-7-15(14)10-11-19-13-17-12-16-8-4-5-9-18(16)20-17/h2-9,12,19H,10-11,13H2,1H3. The molecular formula is C18H19NO. The molecule has 0 fully saturated rings. The van der Waals surface area contributed by atoms with E-state index in [-0.39, 0.29) is 0 Å². The molecule has 0 spiro atoms. The Morgan fingerprint density at radius 1 is 1.00 bits per heavy atom. The van der Waals surface area contributed by atoms with Gasteiger partial charge in [0.1, 0.15) is 11.3 Å². The van der Waals surface area contributed by atoms with E-state index < -0.39 is 0 Å². The minimum atomic E-state index is 0.778. The first-order valence-electron chi connectivity index (χ1n) is 7.05. The number of nitrogens with one attached hydrogen (secondary N) is 1. The summed E-state index contributed by atoms with van der Waals surface area (Å²) in [7, 11) is 0. The fourth-order valence-electron chi connectivity index (χ4n) is 2.45. The lowest BCUT2D eigenvalue weighted by molar-refractivity contribution is 0.515. The van der Waals surface area contributed by atoms with Gasteiger partial charge >= 0.3 is 0 Å². The quantitative estimate of drug-likeness (QED) is 0.703. The van der Waals surface area contributed by atoms with Crippen LogP contribution in [0.4, 0.5) is 0 Å². The molecule has 0 aliphatic heterocycles. The van der Waals surface area contributed by atoms with Crippen molar-refractivity contribution < 1.29 is 4.42 Å². The van der Waals surface area contributed by atoms with Crippen LogP contribution in [0.3, 0.4) is 0 Å². The molecule has 0 bridgehead atoms. The molecule has 2 nitrogen and oxygen atoms in total. The molecule has 0 unspecified atom stereocenters. The lowest BCUT2D eigenvalue weighted by atomic mass is 10.1. The Labute approximate surface area is 119 Å². The lowest BCUT2D eigenvalue weighted by Crippen LogP contribution is -2.16. The maximum Gasteiger partial charge on any atom is 0.134 e. The predicted molar refractivity (Wildman–Crippen MR) is 82.8 cm³/mol. The topological polar surface area (TPSA) is 25.2 Å². The van der Waals surface area contributed by atoms with Crippen LogP contribution in [0.15, 0.2) is 59.0 Å². The average molecular weight is 265 g/mol. The molecule has 102 valence electrons. The highest BCUT2D eigenvalue weighted by Gasteiger charge is 2.02. The maximum absolute atomic E-state index is 5.78. The molecule has 1 N–H and O–H groups in total. The van der Waals surface area contributed by atoms with Crippen LogP contribution in [0.5, 0.6) is 0 Å². The van der Waals surface area contributed by atoms with Gasteiger partial charge in [0.25, 0.3) is 0 Å². The van der Waals surface area contributed by atoms with Gasteiger partial charge in [0.05, 0.1) is 6.54 Å². The van der Waals surface area contributed by atoms with Crippen molar-refractivity contribution in [2.24, 2.45) is 0 Å². The Kier molecular flexibility index (Phi) is 3.84. The highest BCUT2D eigenvalue weighted by Crippen LogP contribution is 2.18. The van der Waals surface area contributed by atoms with Gasteiger partial charge in [-0.2, -0.15) is 0 Å². The zero-order chi connectivity index (χ0) is 13.8. The molecule has 1 heterocycles. The van der Waals surface area contributed by atoms with Crippen molar-refractivity contribution in [3.8, 4) is 0 Å². The zero-order valence-electron chi connectivity index (χ0n) is 11.7. The maximum atomic E-state index is 5.78. The highest BCUT2D eigenvalue weighted by molar-refractivity contribution is 5.77. The minimum Gasteiger partial charge on any atom is -0.460 e. The number of fused-ring (bicyclic) bond motifs is 1. The molecule has 3 aromatic rings. The van der Waals surface area contributed by atoms with Crippen molar-refractivity contribution in [1.82, 2.24) is 5.32 Å². The number of aryl methyl sites for hydroxylation is 1. The van der Waals surface area contributed by atoms with E-state index in [2.05, 4.69) is 48.6 Å². The summed E-state index contributed by atoms with van der Waals surface area (Å²) < 4.78 is 5.78. The summed E-state index contributed by atoms with van der Waals surface area (Å²) in [5, 5.41) is 4.61. The molecule has 0 saturated carbocycles. The highest BCUT2D eigenvalue weighted by atomic mass is 16.3. The van der Waals surface area contributed by atoms with Crippen LogP contribution in [-0.2, 0) is 13.0 Å². The zero-order valence-corrected chi connectivity index (χ0v) is 11.7. The van der Waals surface area contributed by atoms with Crippen molar-refractivity contribution >= 4 is 11.0 Å². The molecule has 3 rings (SSSR count). The summed E-state index contributed by atoms with van der Waals surface area (Å²) in [6, 6.07) is 18.8. The molecule has 0 radical (unpaired) electrons. The molecule has 0 atom stereocenters. The molecule has 20 heavy (non-hydrogen) atoms. The van der Waals surface area contributed by atoms with E-state index in [0.717, 1.165) is 30.9 Å². The lowest BCUT2D eigenvalue weighted by Gasteiger charge is -2.06. The first kappa shape index (κ1) is 12.9. The number of benzene rings is 2. The largest absolute Gasteiger partial charge is 0.460 e. The molecule has 0 aliphatic rings. The number of rotatable bonds is 5. The molecule has 1 aromatic heterocycles. The smallest absolute Gasteiger partial charge is 0.134 e. The van der Waals surface area contributed by atoms with Crippen LogP contribution in [0.2, 0.25) is 0 Å². The number of hydrogen-bond acceptors (Lipinski definition) is 2. The molecule has 0 aliphatic carbocycles. The summed E-state index contributed by atoms with van der Waals surface area (Å²) in [5.41, 5.74) is 3.73. The molecular weight excluding hydrogens is 246 g/mol. The van der Waals surface area contributed by atoms with Gasteiger partial charge in [0.2, 0.25) is 0 Å². The van der Waals surface area contributed by atoms with Crippen LogP contribution >= 0.6 is 0 Å². The van der Waals surface area contributed by atoms with Crippen molar-refractivity contribution in [3.63, 3.8) is 0 Å². The van der Waals surface area contributed by atoms with E-state index in [4.69, 9.17) is 4.42 Å². The molecule has 0 amide bonds. The second-order valence-electron chi connectivity index (χ2n) is 5.10. The first-order chi connectivity index (χ1) is 9.83. The molecule has 0 saturated heterocycles. The van der Waals surface area contributed by atoms with E-state index in [1.807, 2.05) is 18.2 Å². The van der Waals surface area contributed by atoms with Gasteiger partial charge in [-0.05, 0) is 43.1 Å². The summed E-state index contributed by atoms with van der Waals surface area (Å²) in [6.45, 7) is 3.90. The van der Waals surface area contributed by atoms with Gasteiger partial charge in [0, 0.05) is 5.39 Å². The van der Waals surface area contributed by atoms with Crippen LogP contribution < -0.4 is 5.32 Å². The van der Waals surface area contributed by atoms with E-state index in [1.54, 1.807) is 0 Å². The van der Waals surface area contributed by atoms with E-state index in [9.17, 15) is 0 Å². The third-order valence-electron chi connectivity index (χ3n) is 3.61. The third-order valence-corrected chi connectivity index (χ3v) is 3.61. The van der Waals surface area contributed by atoms with Gasteiger partial charge in [-0.15, -0.1) is 0 Å². The SMILES string of the molecule is Cc1ccccc1CCNCc1cc2ccccc2o1. The summed E-state index contributed by atoms with van der Waals surface area (Å²) in [6.07, 6.45) is 1.05. The van der Waals surface area contributed by atoms with Gasteiger partial charge in [-0.25, -0.2) is 0 Å². The summed E-state index contributed by atoms with van der Waals surface area (Å²) in [4.78, 5) is 0. The molecule has 2 aromatic carbocycles. The van der Waals surface area contributed by atoms with Gasteiger partial charge < -0.3 is 9.73 Å². The second-order valence-corrected chi connectivity index (χ2v) is 5.10. The fraction of sp³-hybridized carbons (Fsp3) is 0.222. The van der Waals surface area contributed by atoms with Crippen LogP contribution in [0.25, 0.3) is 11.0 Å². The Bertz CT molecular complexity index is 666. The number of furan rings is 1. The van der Waals surface area contributed by atoms with Crippen LogP contribution in [0, 0.1) is 6.92 Å². The van der Waals surface area contributed by atoms with Gasteiger partial charge in [0.15, 0.2) is 0 Å². The molecule has 2 heteroatoms. The average Bonchev–Trinajstić information content (AvgIpc) is 2.88. The van der Waals surface area contributed by atoms with Crippen molar-refractivity contribution in [2.45, 2.75) is 19.9 Å². The summed E-state index contributed by atoms with van der Waals surface area (Å²) >= 11 is 0. The van der Waals surface area contributed by atoms with Gasteiger partial charge in [-0.1, -0.05) is 42.5 Å². The first-order valence-corrected chi connectivity index (χ1v) is 7.05. The van der Waals surface area contributed by atoms with Crippen LogP contribution in [-0.4, -0.2) is 6.54 Å². The third kappa shape index (κ3) is 2.91. The number of para-hydroxylation sites is 1. The van der Waals surface area contributed by atoms with E-state index >= 15 is 0 Å². The number of hydrogen-bond donors (Lipinski definition) is 1. The van der Waals surface area contributed by atoms with Crippen molar-refractivity contribution in [3.05, 3.63) is 71.5 Å². The van der Waals surface area contributed by atoms with E-state index in [1.165, 1.54) is 16.5 Å². The second kappa shape index (κ2) is 5.93. The van der Waals surface area contributed by atoms with Crippen molar-refractivity contribution in [1.29, 1.82) is 0 Å². The Morgan fingerprint density at radius 3 is 2.65 bits per heavy atom. The minimum absolute atomic E-state index is 0.778. The van der Waals surface area contributed by atoms with Gasteiger partial charge in [-0.3, -0.25) is 0 Å². The summed E-state index contributed by atoms with van der Waals surface area (Å²) in [5.74, 6) is 0.996. The fourth-order valence-corrected chi connectivity index (χ4v) is 2.45. The Morgan fingerprint density at radius 2 is 1.80 bits per heavy atom. The Balaban J connectivity index is 1.54. The van der Waals surface area contributed by atoms with Crippen LogP contribution in [0.1, 0.15) is 16.9 Å². The monoisotopic (exact) mass is 265 g/mol. The predicted octanol–water partition coefficient (Wildman–Crippen LogP) is 4.07. The van der Waals surface area contributed by atoms with E-state index in [0.29, 0.717) is 0 Å².